The van der Waals surface area contributed by atoms with Gasteiger partial charge in [0.15, 0.2) is 0 Å². The lowest BCUT2D eigenvalue weighted by Gasteiger charge is -2.23. The predicted octanol–water partition coefficient (Wildman–Crippen LogP) is 2.01. The number of fused-ring (bicyclic) bond motifs is 1. The number of aryl methyl sites for hydroxylation is 1. The number of nitrogens with zero attached hydrogens (tertiary/aromatic N) is 1. The highest BCUT2D eigenvalue weighted by Gasteiger charge is 2.27. The van der Waals surface area contributed by atoms with E-state index in [1.807, 2.05) is 13.8 Å². The molecule has 3 amide bonds. The first kappa shape index (κ1) is 28.5. The third-order valence-electron chi connectivity index (χ3n) is 6.68. The quantitative estimate of drug-likeness (QED) is 0.508. The van der Waals surface area contributed by atoms with Gasteiger partial charge >= 0.3 is 0 Å². The SMILES string of the molecule is CNC(=O)c1ccc2c(c1)/C(=C/c1[nH]c(C)c(C(=O)N3CCOCCOCCOCCOCC3)c1C)C(=O)N2. The summed E-state index contributed by atoms with van der Waals surface area (Å²) in [4.78, 5) is 43.6. The smallest absolute Gasteiger partial charge is 0.256 e. The Hall–Kier alpha value is -3.51. The van der Waals surface area contributed by atoms with Crippen LogP contribution in [0.5, 0.6) is 0 Å². The van der Waals surface area contributed by atoms with Crippen LogP contribution in [0.15, 0.2) is 18.2 Å². The first-order valence-corrected chi connectivity index (χ1v) is 13.1. The van der Waals surface area contributed by atoms with Crippen molar-refractivity contribution in [1.29, 1.82) is 0 Å². The fraction of sp³-hybridized carbons (Fsp3) is 0.464. The highest BCUT2D eigenvalue weighted by atomic mass is 16.6. The van der Waals surface area contributed by atoms with Crippen LogP contribution in [0.3, 0.4) is 0 Å². The van der Waals surface area contributed by atoms with Crippen LogP contribution in [-0.2, 0) is 23.7 Å². The van der Waals surface area contributed by atoms with Crippen LogP contribution in [0.1, 0.15) is 43.2 Å². The topological polar surface area (TPSA) is 131 Å². The Labute approximate surface area is 227 Å². The highest BCUT2D eigenvalue weighted by Crippen LogP contribution is 2.35. The third kappa shape index (κ3) is 6.93. The number of H-pyrrole nitrogens is 1. The fourth-order valence-corrected chi connectivity index (χ4v) is 4.58. The van der Waals surface area contributed by atoms with E-state index in [2.05, 4.69) is 15.6 Å². The molecule has 0 atom stereocenters. The summed E-state index contributed by atoms with van der Waals surface area (Å²) < 4.78 is 22.3. The van der Waals surface area contributed by atoms with Crippen LogP contribution in [0.2, 0.25) is 0 Å². The monoisotopic (exact) mass is 540 g/mol. The number of hydrogen-bond acceptors (Lipinski definition) is 7. The lowest BCUT2D eigenvalue weighted by atomic mass is 10.0. The summed E-state index contributed by atoms with van der Waals surface area (Å²) in [5, 5.41) is 5.44. The molecule has 1 aromatic carbocycles. The van der Waals surface area contributed by atoms with Gasteiger partial charge in [0.05, 0.1) is 64.0 Å². The van der Waals surface area contributed by atoms with Gasteiger partial charge in [-0.2, -0.15) is 0 Å². The number of rotatable bonds is 3. The second kappa shape index (κ2) is 13.5. The van der Waals surface area contributed by atoms with Gasteiger partial charge in [-0.15, -0.1) is 0 Å². The van der Waals surface area contributed by atoms with Crippen molar-refractivity contribution in [3.8, 4) is 0 Å². The Kier molecular flexibility index (Phi) is 9.88. The van der Waals surface area contributed by atoms with E-state index in [-0.39, 0.29) is 17.7 Å². The van der Waals surface area contributed by atoms with Crippen molar-refractivity contribution in [1.82, 2.24) is 15.2 Å². The number of carbonyl (C=O) groups excluding carboxylic acids is 3. The van der Waals surface area contributed by atoms with Gasteiger partial charge in [-0.1, -0.05) is 0 Å². The number of anilines is 1. The summed E-state index contributed by atoms with van der Waals surface area (Å²) in [5.74, 6) is -0.656. The van der Waals surface area contributed by atoms with E-state index >= 15 is 0 Å². The average molecular weight is 541 g/mol. The number of ether oxygens (including phenoxy) is 4. The van der Waals surface area contributed by atoms with E-state index in [0.717, 1.165) is 5.56 Å². The lowest BCUT2D eigenvalue weighted by Crippen LogP contribution is -2.37. The zero-order valence-electron chi connectivity index (χ0n) is 22.7. The van der Waals surface area contributed by atoms with Crippen LogP contribution >= 0.6 is 0 Å². The summed E-state index contributed by atoms with van der Waals surface area (Å²) in [6.45, 7) is 8.03. The molecule has 0 spiro atoms. The van der Waals surface area contributed by atoms with Gasteiger partial charge in [0.1, 0.15) is 0 Å². The van der Waals surface area contributed by atoms with Crippen molar-refractivity contribution in [3.05, 3.63) is 51.8 Å². The molecule has 0 radical (unpaired) electrons. The van der Waals surface area contributed by atoms with Gasteiger partial charge in [-0.05, 0) is 43.7 Å². The van der Waals surface area contributed by atoms with Crippen molar-refractivity contribution in [3.63, 3.8) is 0 Å². The molecule has 0 unspecified atom stereocenters. The summed E-state index contributed by atoms with van der Waals surface area (Å²) >= 11 is 0. The second-order valence-electron chi connectivity index (χ2n) is 9.26. The van der Waals surface area contributed by atoms with E-state index in [1.54, 1.807) is 36.2 Å². The molecule has 2 aromatic rings. The minimum Gasteiger partial charge on any atom is -0.377 e. The van der Waals surface area contributed by atoms with Gasteiger partial charge in [0.25, 0.3) is 17.7 Å². The molecule has 2 aliphatic rings. The van der Waals surface area contributed by atoms with E-state index < -0.39 is 0 Å². The standard InChI is InChI=1S/C28H36N4O7/c1-18-24(17-22-21-16-20(26(33)29-3)4-5-23(21)31-27(22)34)30-19(2)25(18)28(35)32-6-8-36-10-12-38-14-15-39-13-11-37-9-7-32/h4-5,16-17,30H,6-15H2,1-3H3,(H,29,33)(H,31,34)/b22-17-. The Balaban J connectivity index is 1.56. The van der Waals surface area contributed by atoms with Gasteiger partial charge in [0, 0.05) is 48.3 Å². The van der Waals surface area contributed by atoms with E-state index in [1.165, 1.54) is 0 Å². The maximum atomic E-state index is 13.7. The minimum atomic E-state index is -0.272. The molecule has 1 saturated heterocycles. The maximum Gasteiger partial charge on any atom is 0.256 e. The van der Waals surface area contributed by atoms with Crippen LogP contribution < -0.4 is 10.6 Å². The molecule has 0 bridgehead atoms. The molecule has 11 heteroatoms. The first-order valence-electron chi connectivity index (χ1n) is 13.1. The van der Waals surface area contributed by atoms with Crippen molar-refractivity contribution in [2.75, 3.05) is 78.3 Å². The Morgan fingerprint density at radius 1 is 0.923 bits per heavy atom. The maximum absolute atomic E-state index is 13.7. The second-order valence-corrected chi connectivity index (χ2v) is 9.26. The lowest BCUT2D eigenvalue weighted by molar-refractivity contribution is -0.110. The Bertz CT molecular complexity index is 1220. The van der Waals surface area contributed by atoms with Gasteiger partial charge in [0.2, 0.25) is 0 Å². The highest BCUT2D eigenvalue weighted by molar-refractivity contribution is 6.35. The molecule has 1 fully saturated rings. The Morgan fingerprint density at radius 2 is 1.51 bits per heavy atom. The molecule has 39 heavy (non-hydrogen) atoms. The average Bonchev–Trinajstić information content (AvgIpc) is 3.39. The molecule has 1 aromatic heterocycles. The van der Waals surface area contributed by atoms with Crippen molar-refractivity contribution in [2.24, 2.45) is 0 Å². The Morgan fingerprint density at radius 3 is 2.10 bits per heavy atom. The molecule has 3 heterocycles. The minimum absolute atomic E-state index is 0.145. The number of benzene rings is 1. The van der Waals surface area contributed by atoms with Gasteiger partial charge in [-0.3, -0.25) is 14.4 Å². The summed E-state index contributed by atoms with van der Waals surface area (Å²) in [6.07, 6.45) is 1.73. The first-order chi connectivity index (χ1) is 18.9. The number of nitrogens with one attached hydrogen (secondary N) is 3. The molecular weight excluding hydrogens is 504 g/mol. The zero-order valence-corrected chi connectivity index (χ0v) is 22.7. The molecule has 3 N–H and O–H groups in total. The molecule has 4 rings (SSSR count). The van der Waals surface area contributed by atoms with Crippen LogP contribution in [0.4, 0.5) is 5.69 Å². The van der Waals surface area contributed by atoms with Gasteiger partial charge in [-0.25, -0.2) is 0 Å². The molecule has 2 aliphatic heterocycles. The number of carbonyl (C=O) groups is 3. The number of amides is 3. The van der Waals surface area contributed by atoms with E-state index in [4.69, 9.17) is 18.9 Å². The third-order valence-corrected chi connectivity index (χ3v) is 6.68. The molecule has 0 aliphatic carbocycles. The van der Waals surface area contributed by atoms with Crippen molar-refractivity contribution in [2.45, 2.75) is 13.8 Å². The molecular formula is C28H36N4O7. The molecule has 0 saturated carbocycles. The zero-order chi connectivity index (χ0) is 27.8. The summed E-state index contributed by atoms with van der Waals surface area (Å²) in [5.41, 5.74) is 4.76. The van der Waals surface area contributed by atoms with Crippen LogP contribution in [0.25, 0.3) is 11.6 Å². The van der Waals surface area contributed by atoms with Crippen LogP contribution in [-0.4, -0.2) is 101 Å². The normalized spacial score (nSPS) is 18.7. The van der Waals surface area contributed by atoms with Crippen molar-refractivity contribution >= 4 is 35.1 Å². The summed E-state index contributed by atoms with van der Waals surface area (Å²) in [7, 11) is 1.56. The van der Waals surface area contributed by atoms with E-state index in [0.29, 0.717) is 105 Å². The van der Waals surface area contributed by atoms with Crippen molar-refractivity contribution < 1.29 is 33.3 Å². The number of aromatic amines is 1. The predicted molar refractivity (Wildman–Crippen MR) is 146 cm³/mol. The fourth-order valence-electron chi connectivity index (χ4n) is 4.58. The number of aromatic nitrogens is 1. The molecule has 210 valence electrons. The van der Waals surface area contributed by atoms with Gasteiger partial charge < -0.3 is 39.5 Å². The van der Waals surface area contributed by atoms with Crippen LogP contribution in [0, 0.1) is 13.8 Å². The largest absolute Gasteiger partial charge is 0.377 e. The van der Waals surface area contributed by atoms with E-state index in [9.17, 15) is 14.4 Å². The number of hydrogen-bond donors (Lipinski definition) is 3. The summed E-state index contributed by atoms with van der Waals surface area (Å²) in [6, 6.07) is 5.07. The molecule has 11 nitrogen and oxygen atoms in total.